The third-order valence-electron chi connectivity index (χ3n) is 13.0. The quantitative estimate of drug-likeness (QED) is 0.0262. The van der Waals surface area contributed by atoms with Crippen molar-refractivity contribution in [2.45, 2.75) is 309 Å². The van der Waals surface area contributed by atoms with Gasteiger partial charge in [0.25, 0.3) is 0 Å². The zero-order chi connectivity index (χ0) is 50.0. The van der Waals surface area contributed by atoms with Gasteiger partial charge in [0.15, 0.2) is 6.10 Å². The molecule has 6 nitrogen and oxygen atoms in total. The van der Waals surface area contributed by atoms with Gasteiger partial charge in [0.2, 0.25) is 0 Å². The molecule has 0 bridgehead atoms. The highest BCUT2D eigenvalue weighted by Gasteiger charge is 2.19. The Morgan fingerprint density at radius 3 is 0.855 bits per heavy atom. The summed E-state index contributed by atoms with van der Waals surface area (Å²) >= 11 is 0. The minimum Gasteiger partial charge on any atom is -0.462 e. The van der Waals surface area contributed by atoms with E-state index in [1.807, 2.05) is 0 Å². The fourth-order valence-corrected chi connectivity index (χ4v) is 8.47. The van der Waals surface area contributed by atoms with Crippen molar-refractivity contribution in [1.82, 2.24) is 0 Å². The number of hydrogen-bond acceptors (Lipinski definition) is 6. The number of unbranched alkanes of at least 4 members (excludes halogenated alkanes) is 33. The molecule has 0 radical (unpaired) electrons. The normalized spacial score (nSPS) is 12.4. The fraction of sp³-hybridized carbons (Fsp3) is 0.794. The van der Waals surface area contributed by atoms with E-state index in [0.29, 0.717) is 19.3 Å². The summed E-state index contributed by atoms with van der Waals surface area (Å²) in [5, 5.41) is 0. The van der Waals surface area contributed by atoms with Crippen molar-refractivity contribution in [3.05, 3.63) is 60.8 Å². The summed E-state index contributed by atoms with van der Waals surface area (Å²) in [5.74, 6) is -0.885. The topological polar surface area (TPSA) is 78.9 Å². The van der Waals surface area contributed by atoms with Crippen molar-refractivity contribution in [3.63, 3.8) is 0 Å². The maximum Gasteiger partial charge on any atom is 0.306 e. The Balaban J connectivity index is 4.19. The zero-order valence-electron chi connectivity index (χ0n) is 45.8. The number of ether oxygens (including phenoxy) is 3. The van der Waals surface area contributed by atoms with E-state index < -0.39 is 6.10 Å². The summed E-state index contributed by atoms with van der Waals surface area (Å²) in [6.45, 7) is 6.58. The van der Waals surface area contributed by atoms with Crippen LogP contribution in [0.5, 0.6) is 0 Å². The molecule has 0 saturated carbocycles. The predicted molar refractivity (Wildman–Crippen MR) is 298 cm³/mol. The molecule has 400 valence electrons. The third kappa shape index (κ3) is 55.9. The van der Waals surface area contributed by atoms with Crippen LogP contribution in [-0.4, -0.2) is 37.2 Å². The average Bonchev–Trinajstić information content (AvgIpc) is 3.35. The first-order valence-corrected chi connectivity index (χ1v) is 29.8. The molecule has 0 saturated heterocycles. The monoisotopic (exact) mass is 965 g/mol. The SMILES string of the molecule is CCCC/C=C\C/C=C\CCCCCCCC(=O)OC(COC(=O)CCCCCCCCCCCC)COC(=O)CCCCCCCCCCCCCC/C=C\C/C=C\C/C=C\CCCCCCC. The molecule has 0 amide bonds. The van der Waals surface area contributed by atoms with Crippen LogP contribution < -0.4 is 0 Å². The molecule has 0 heterocycles. The fourth-order valence-electron chi connectivity index (χ4n) is 8.47. The molecule has 0 spiro atoms. The first-order valence-electron chi connectivity index (χ1n) is 29.8. The largest absolute Gasteiger partial charge is 0.462 e. The number of allylic oxidation sites excluding steroid dienone is 10. The first-order chi connectivity index (χ1) is 34.0. The molecule has 0 aromatic rings. The maximum absolute atomic E-state index is 12.8. The molecule has 0 aliphatic heterocycles. The molecule has 0 aromatic carbocycles. The Morgan fingerprint density at radius 1 is 0.290 bits per heavy atom. The molecule has 0 rings (SSSR count). The van der Waals surface area contributed by atoms with E-state index in [0.717, 1.165) is 96.3 Å². The third-order valence-corrected chi connectivity index (χ3v) is 13.0. The Bertz CT molecular complexity index is 1250. The van der Waals surface area contributed by atoms with Crippen LogP contribution in [0.15, 0.2) is 60.8 Å². The molecule has 0 fully saturated rings. The standard InChI is InChI=1S/C63H112O6/c1-4-7-10-13-16-19-22-24-26-27-28-29-30-31-32-33-34-35-36-37-38-40-41-44-47-50-53-56-62(65)68-59-60(58-67-61(64)55-52-49-46-43-21-18-15-12-9-6-3)69-63(66)57-54-51-48-45-42-39-25-23-20-17-14-11-8-5-2/h14,17,22-25,27-28,30-31,60H,4-13,15-16,18-21,26,29,32-59H2,1-3H3/b17-14-,24-22-,25-23-,28-27-,31-30-. The van der Waals surface area contributed by atoms with Crippen molar-refractivity contribution in [1.29, 1.82) is 0 Å². The van der Waals surface area contributed by atoms with Crippen LogP contribution in [0.25, 0.3) is 0 Å². The van der Waals surface area contributed by atoms with Gasteiger partial charge in [-0.3, -0.25) is 14.4 Å². The average molecular weight is 966 g/mol. The second-order valence-electron chi connectivity index (χ2n) is 19.9. The van der Waals surface area contributed by atoms with Crippen LogP contribution in [-0.2, 0) is 28.6 Å². The Morgan fingerprint density at radius 2 is 0.536 bits per heavy atom. The lowest BCUT2D eigenvalue weighted by molar-refractivity contribution is -0.167. The van der Waals surface area contributed by atoms with E-state index in [1.54, 1.807) is 0 Å². The lowest BCUT2D eigenvalue weighted by Gasteiger charge is -2.18. The highest BCUT2D eigenvalue weighted by molar-refractivity contribution is 5.71. The zero-order valence-corrected chi connectivity index (χ0v) is 45.8. The van der Waals surface area contributed by atoms with Crippen molar-refractivity contribution in [3.8, 4) is 0 Å². The number of rotatable bonds is 54. The van der Waals surface area contributed by atoms with Crippen LogP contribution in [0.1, 0.15) is 303 Å². The lowest BCUT2D eigenvalue weighted by atomic mass is 10.0. The molecule has 0 aromatic heterocycles. The molecule has 0 aliphatic carbocycles. The Kier molecular flexibility index (Phi) is 55.3. The minimum absolute atomic E-state index is 0.0778. The highest BCUT2D eigenvalue weighted by atomic mass is 16.6. The van der Waals surface area contributed by atoms with Gasteiger partial charge in [-0.15, -0.1) is 0 Å². The van der Waals surface area contributed by atoms with Crippen LogP contribution in [0.3, 0.4) is 0 Å². The maximum atomic E-state index is 12.8. The number of esters is 3. The molecule has 0 aliphatic rings. The highest BCUT2D eigenvalue weighted by Crippen LogP contribution is 2.16. The van der Waals surface area contributed by atoms with Gasteiger partial charge in [-0.1, -0.05) is 261 Å². The van der Waals surface area contributed by atoms with Crippen molar-refractivity contribution < 1.29 is 28.6 Å². The van der Waals surface area contributed by atoms with Gasteiger partial charge >= 0.3 is 17.9 Å². The second kappa shape index (κ2) is 57.7. The number of carbonyl (C=O) groups is 3. The van der Waals surface area contributed by atoms with E-state index in [2.05, 4.69) is 81.5 Å². The summed E-state index contributed by atoms with van der Waals surface area (Å²) in [6, 6.07) is 0. The van der Waals surface area contributed by atoms with Crippen molar-refractivity contribution in [2.24, 2.45) is 0 Å². The van der Waals surface area contributed by atoms with Gasteiger partial charge in [-0.2, -0.15) is 0 Å². The smallest absolute Gasteiger partial charge is 0.306 e. The van der Waals surface area contributed by atoms with E-state index in [9.17, 15) is 14.4 Å². The summed E-state index contributed by atoms with van der Waals surface area (Å²) in [6.07, 6.45) is 72.2. The van der Waals surface area contributed by atoms with Crippen LogP contribution in [0.4, 0.5) is 0 Å². The molecule has 0 N–H and O–H groups in total. The van der Waals surface area contributed by atoms with E-state index >= 15 is 0 Å². The molecule has 1 unspecified atom stereocenters. The van der Waals surface area contributed by atoms with Gasteiger partial charge < -0.3 is 14.2 Å². The molecule has 6 heteroatoms. The van der Waals surface area contributed by atoms with Crippen LogP contribution in [0.2, 0.25) is 0 Å². The predicted octanol–water partition coefficient (Wildman–Crippen LogP) is 20.0. The van der Waals surface area contributed by atoms with E-state index in [4.69, 9.17) is 14.2 Å². The minimum atomic E-state index is -0.779. The Labute approximate surface area is 428 Å². The van der Waals surface area contributed by atoms with Gasteiger partial charge in [0, 0.05) is 19.3 Å². The van der Waals surface area contributed by atoms with Crippen LogP contribution in [0, 0.1) is 0 Å². The van der Waals surface area contributed by atoms with E-state index in [-0.39, 0.29) is 31.1 Å². The number of carbonyl (C=O) groups excluding carboxylic acids is 3. The second-order valence-corrected chi connectivity index (χ2v) is 19.9. The van der Waals surface area contributed by atoms with Gasteiger partial charge in [-0.25, -0.2) is 0 Å². The molecule has 69 heavy (non-hydrogen) atoms. The number of hydrogen-bond donors (Lipinski definition) is 0. The summed E-state index contributed by atoms with van der Waals surface area (Å²) < 4.78 is 16.8. The summed E-state index contributed by atoms with van der Waals surface area (Å²) in [5.41, 5.74) is 0. The molecular weight excluding hydrogens is 853 g/mol. The van der Waals surface area contributed by atoms with Gasteiger partial charge in [0.05, 0.1) is 0 Å². The van der Waals surface area contributed by atoms with E-state index in [1.165, 1.54) is 167 Å². The summed E-state index contributed by atoms with van der Waals surface area (Å²) in [4.78, 5) is 38.1. The van der Waals surface area contributed by atoms with Gasteiger partial charge in [0.1, 0.15) is 13.2 Å². The van der Waals surface area contributed by atoms with Crippen LogP contribution >= 0.6 is 0 Å². The Hall–Kier alpha value is -2.89. The summed E-state index contributed by atoms with van der Waals surface area (Å²) in [7, 11) is 0. The van der Waals surface area contributed by atoms with Crippen molar-refractivity contribution >= 4 is 17.9 Å². The first kappa shape index (κ1) is 66.1. The van der Waals surface area contributed by atoms with Gasteiger partial charge in [-0.05, 0) is 83.5 Å². The molecular formula is C63H112O6. The van der Waals surface area contributed by atoms with Crippen molar-refractivity contribution in [2.75, 3.05) is 13.2 Å². The molecule has 1 atom stereocenters. The lowest BCUT2D eigenvalue weighted by Crippen LogP contribution is -2.30.